The summed E-state index contributed by atoms with van der Waals surface area (Å²) in [6.07, 6.45) is 3.51. The summed E-state index contributed by atoms with van der Waals surface area (Å²) in [5.74, 6) is 1.92. The summed E-state index contributed by atoms with van der Waals surface area (Å²) in [6.45, 7) is 4.35. The molecule has 0 spiro atoms. The first-order valence-corrected chi connectivity index (χ1v) is 11.4. The highest BCUT2D eigenvalue weighted by Crippen LogP contribution is 2.38. The number of fused-ring (bicyclic) bond motifs is 1. The highest BCUT2D eigenvalue weighted by molar-refractivity contribution is 7.99. The summed E-state index contributed by atoms with van der Waals surface area (Å²) in [5.41, 5.74) is 4.63. The Labute approximate surface area is 173 Å². The highest BCUT2D eigenvalue weighted by atomic mass is 32.2. The third-order valence-electron chi connectivity index (χ3n) is 5.15. The van der Waals surface area contributed by atoms with Crippen LogP contribution in [0.15, 0.2) is 34.8 Å². The van der Waals surface area contributed by atoms with E-state index in [4.69, 9.17) is 0 Å². The molecule has 5 nitrogen and oxygen atoms in total. The van der Waals surface area contributed by atoms with Crippen LogP contribution >= 0.6 is 23.1 Å². The van der Waals surface area contributed by atoms with Gasteiger partial charge in [0.15, 0.2) is 11.0 Å². The number of amides is 1. The van der Waals surface area contributed by atoms with Crippen LogP contribution in [-0.2, 0) is 24.7 Å². The quantitative estimate of drug-likeness (QED) is 0.617. The van der Waals surface area contributed by atoms with Crippen molar-refractivity contribution in [3.05, 3.63) is 45.6 Å². The molecular formula is C21H24N4OS2. The number of hydrogen-bond donors (Lipinski definition) is 1. The van der Waals surface area contributed by atoms with Gasteiger partial charge >= 0.3 is 0 Å². The molecule has 0 radical (unpaired) electrons. The van der Waals surface area contributed by atoms with Crippen LogP contribution in [0.1, 0.15) is 29.3 Å². The molecule has 1 N–H and O–H groups in total. The number of rotatable bonds is 5. The summed E-state index contributed by atoms with van der Waals surface area (Å²) in [5, 5.41) is 14.6. The average molecular weight is 413 g/mol. The SMILES string of the molecule is Cc1ccc(NC(=O)CSc2nnc(-c3csc4c3CCC(C)C4)n2C)cc1. The number of aromatic nitrogens is 3. The molecule has 146 valence electrons. The van der Waals surface area contributed by atoms with Crippen LogP contribution < -0.4 is 5.32 Å². The standard InChI is InChI=1S/C21H24N4OS2/c1-13-4-7-15(8-5-13)22-19(26)12-28-21-24-23-20(25(21)3)17-11-27-18-10-14(2)6-9-16(17)18/h4-5,7-8,11,14H,6,9-10,12H2,1-3H3,(H,22,26). The Morgan fingerprint density at radius 1 is 1.32 bits per heavy atom. The van der Waals surface area contributed by atoms with Crippen molar-refractivity contribution in [1.29, 1.82) is 0 Å². The van der Waals surface area contributed by atoms with Crippen LogP contribution in [0.3, 0.4) is 0 Å². The molecule has 1 aliphatic rings. The molecule has 0 bridgehead atoms. The predicted octanol–water partition coefficient (Wildman–Crippen LogP) is 4.71. The molecule has 1 aromatic carbocycles. The van der Waals surface area contributed by atoms with Crippen molar-refractivity contribution in [3.63, 3.8) is 0 Å². The minimum Gasteiger partial charge on any atom is -0.325 e. The summed E-state index contributed by atoms with van der Waals surface area (Å²) in [7, 11) is 1.98. The van der Waals surface area contributed by atoms with Crippen molar-refractivity contribution < 1.29 is 4.79 Å². The predicted molar refractivity (Wildman–Crippen MR) is 116 cm³/mol. The Bertz CT molecular complexity index is 991. The lowest BCUT2D eigenvalue weighted by molar-refractivity contribution is -0.113. The molecular weight excluding hydrogens is 388 g/mol. The van der Waals surface area contributed by atoms with Gasteiger partial charge in [-0.15, -0.1) is 21.5 Å². The average Bonchev–Trinajstić information content (AvgIpc) is 3.24. The van der Waals surface area contributed by atoms with E-state index in [1.165, 1.54) is 46.2 Å². The Morgan fingerprint density at radius 3 is 2.89 bits per heavy atom. The smallest absolute Gasteiger partial charge is 0.234 e. The number of anilines is 1. The molecule has 28 heavy (non-hydrogen) atoms. The van der Waals surface area contributed by atoms with Gasteiger partial charge in [0.05, 0.1) is 5.75 Å². The third-order valence-corrected chi connectivity index (χ3v) is 7.22. The zero-order valence-corrected chi connectivity index (χ0v) is 18.0. The van der Waals surface area contributed by atoms with E-state index in [2.05, 4.69) is 27.8 Å². The van der Waals surface area contributed by atoms with Crippen LogP contribution in [0.5, 0.6) is 0 Å². The van der Waals surface area contributed by atoms with Crippen LogP contribution in [0.2, 0.25) is 0 Å². The van der Waals surface area contributed by atoms with Crippen LogP contribution in [0, 0.1) is 12.8 Å². The molecule has 1 atom stereocenters. The molecule has 0 fully saturated rings. The summed E-state index contributed by atoms with van der Waals surface area (Å²) in [6, 6.07) is 7.80. The molecule has 4 rings (SSSR count). The Hall–Kier alpha value is -2.12. The lowest BCUT2D eigenvalue weighted by Gasteiger charge is -2.18. The minimum atomic E-state index is -0.0414. The Kier molecular flexibility index (Phi) is 5.55. The van der Waals surface area contributed by atoms with Gasteiger partial charge in [-0.05, 0) is 49.8 Å². The number of hydrogen-bond acceptors (Lipinski definition) is 5. The number of nitrogens with one attached hydrogen (secondary N) is 1. The second kappa shape index (κ2) is 8.09. The maximum Gasteiger partial charge on any atom is 0.234 e. The van der Waals surface area contributed by atoms with Gasteiger partial charge in [0.1, 0.15) is 0 Å². The first kappa shape index (κ1) is 19.2. The number of benzene rings is 1. The molecule has 1 amide bonds. The fourth-order valence-electron chi connectivity index (χ4n) is 3.50. The van der Waals surface area contributed by atoms with Gasteiger partial charge < -0.3 is 9.88 Å². The summed E-state index contributed by atoms with van der Waals surface area (Å²) < 4.78 is 2.00. The zero-order chi connectivity index (χ0) is 19.7. The monoisotopic (exact) mass is 412 g/mol. The van der Waals surface area contributed by atoms with Gasteiger partial charge in [-0.2, -0.15) is 0 Å². The lowest BCUT2D eigenvalue weighted by atomic mass is 9.88. The van der Waals surface area contributed by atoms with E-state index in [0.29, 0.717) is 5.75 Å². The maximum absolute atomic E-state index is 12.3. The first-order chi connectivity index (χ1) is 13.5. The van der Waals surface area contributed by atoms with Crippen molar-refractivity contribution in [2.45, 2.75) is 38.3 Å². The number of thiophene rings is 1. The van der Waals surface area contributed by atoms with Gasteiger partial charge in [-0.3, -0.25) is 4.79 Å². The van der Waals surface area contributed by atoms with Gasteiger partial charge in [0, 0.05) is 28.6 Å². The van der Waals surface area contributed by atoms with Crippen molar-refractivity contribution in [3.8, 4) is 11.4 Å². The minimum absolute atomic E-state index is 0.0414. The number of aryl methyl sites for hydroxylation is 1. The van der Waals surface area contributed by atoms with E-state index in [-0.39, 0.29) is 5.91 Å². The Morgan fingerprint density at radius 2 is 2.11 bits per heavy atom. The van der Waals surface area contributed by atoms with Crippen molar-refractivity contribution in [1.82, 2.24) is 14.8 Å². The molecule has 2 aromatic heterocycles. The highest BCUT2D eigenvalue weighted by Gasteiger charge is 2.23. The molecule has 0 saturated heterocycles. The van der Waals surface area contributed by atoms with E-state index >= 15 is 0 Å². The molecule has 7 heteroatoms. The molecule has 1 unspecified atom stereocenters. The second-order valence-corrected chi connectivity index (χ2v) is 9.37. The lowest BCUT2D eigenvalue weighted by Crippen LogP contribution is -2.14. The van der Waals surface area contributed by atoms with Gasteiger partial charge in [0.25, 0.3) is 0 Å². The van der Waals surface area contributed by atoms with Gasteiger partial charge in [-0.1, -0.05) is 36.4 Å². The van der Waals surface area contributed by atoms with Gasteiger partial charge in [-0.25, -0.2) is 0 Å². The van der Waals surface area contributed by atoms with Crippen molar-refractivity contribution in [2.24, 2.45) is 13.0 Å². The van der Waals surface area contributed by atoms with Gasteiger partial charge in [0.2, 0.25) is 5.91 Å². The number of carbonyl (C=O) groups excluding carboxylic acids is 1. The molecule has 3 aromatic rings. The molecule has 0 aliphatic heterocycles. The first-order valence-electron chi connectivity index (χ1n) is 9.49. The van der Waals surface area contributed by atoms with Crippen LogP contribution in [0.25, 0.3) is 11.4 Å². The Balaban J connectivity index is 1.43. The van der Waals surface area contributed by atoms with Crippen LogP contribution in [0.4, 0.5) is 5.69 Å². The fourth-order valence-corrected chi connectivity index (χ4v) is 5.46. The largest absolute Gasteiger partial charge is 0.325 e. The van der Waals surface area contributed by atoms with E-state index in [1.807, 2.05) is 54.1 Å². The van der Waals surface area contributed by atoms with Crippen molar-refractivity contribution >= 4 is 34.7 Å². The number of nitrogens with zero attached hydrogens (tertiary/aromatic N) is 3. The maximum atomic E-state index is 12.3. The molecule has 0 saturated carbocycles. The third kappa shape index (κ3) is 4.00. The molecule has 1 aliphatic carbocycles. The van der Waals surface area contributed by atoms with E-state index < -0.39 is 0 Å². The summed E-state index contributed by atoms with van der Waals surface area (Å²) >= 11 is 3.25. The second-order valence-electron chi connectivity index (χ2n) is 7.47. The fraction of sp³-hybridized carbons (Fsp3) is 0.381. The molecule has 2 heterocycles. The number of carbonyl (C=O) groups is 1. The normalized spacial score (nSPS) is 16.0. The zero-order valence-electron chi connectivity index (χ0n) is 16.4. The topological polar surface area (TPSA) is 59.8 Å². The summed E-state index contributed by atoms with van der Waals surface area (Å²) in [4.78, 5) is 13.7. The van der Waals surface area contributed by atoms with Crippen molar-refractivity contribution in [2.75, 3.05) is 11.1 Å². The van der Waals surface area contributed by atoms with E-state index in [9.17, 15) is 4.79 Å². The van der Waals surface area contributed by atoms with E-state index in [1.54, 1.807) is 0 Å². The number of thioether (sulfide) groups is 1. The van der Waals surface area contributed by atoms with E-state index in [0.717, 1.165) is 29.0 Å². The van der Waals surface area contributed by atoms with Crippen LogP contribution in [-0.4, -0.2) is 26.4 Å².